The molecule has 116 valence electrons. The van der Waals surface area contributed by atoms with Crippen LogP contribution in [-0.4, -0.2) is 15.7 Å². The number of aromatic nitrogens is 1. The first-order valence-electron chi connectivity index (χ1n) is 6.84. The van der Waals surface area contributed by atoms with E-state index in [-0.39, 0.29) is 5.69 Å². The zero-order chi connectivity index (χ0) is 16.4. The molecule has 3 rings (SSSR count). The SMILES string of the molecule is Cn1c(Cl)c(C=NNc2cccc([N+](=O)[O-])c2)c2ccccc21. The smallest absolute Gasteiger partial charge is 0.271 e. The van der Waals surface area contributed by atoms with Crippen molar-refractivity contribution in [2.45, 2.75) is 0 Å². The predicted octanol–water partition coefficient (Wildman–Crippen LogP) is 4.19. The summed E-state index contributed by atoms with van der Waals surface area (Å²) in [6.07, 6.45) is 1.61. The highest BCUT2D eigenvalue weighted by molar-refractivity contribution is 6.34. The van der Waals surface area contributed by atoms with Crippen LogP contribution in [0.4, 0.5) is 11.4 Å². The van der Waals surface area contributed by atoms with Crippen molar-refractivity contribution >= 4 is 40.1 Å². The van der Waals surface area contributed by atoms with Crippen LogP contribution in [0.1, 0.15) is 5.56 Å². The van der Waals surface area contributed by atoms with E-state index in [1.165, 1.54) is 12.1 Å². The van der Waals surface area contributed by atoms with Gasteiger partial charge in [-0.05, 0) is 12.1 Å². The van der Waals surface area contributed by atoms with Crippen LogP contribution >= 0.6 is 11.6 Å². The lowest BCUT2D eigenvalue weighted by atomic mass is 10.2. The van der Waals surface area contributed by atoms with Gasteiger partial charge in [-0.3, -0.25) is 15.5 Å². The zero-order valence-corrected chi connectivity index (χ0v) is 13.0. The molecule has 0 bridgehead atoms. The van der Waals surface area contributed by atoms with Crippen molar-refractivity contribution in [3.05, 3.63) is 69.4 Å². The van der Waals surface area contributed by atoms with Crippen LogP contribution < -0.4 is 5.43 Å². The predicted molar refractivity (Wildman–Crippen MR) is 92.2 cm³/mol. The van der Waals surface area contributed by atoms with Crippen LogP contribution in [0.25, 0.3) is 10.9 Å². The van der Waals surface area contributed by atoms with E-state index in [4.69, 9.17) is 11.6 Å². The second kappa shape index (κ2) is 6.10. The molecule has 0 aliphatic rings. The molecule has 0 atom stereocenters. The van der Waals surface area contributed by atoms with Crippen LogP contribution in [0.2, 0.25) is 5.15 Å². The Morgan fingerprint density at radius 2 is 2.04 bits per heavy atom. The normalized spacial score (nSPS) is 11.2. The van der Waals surface area contributed by atoms with Gasteiger partial charge in [0.25, 0.3) is 5.69 Å². The molecular weight excluding hydrogens is 316 g/mol. The maximum atomic E-state index is 10.8. The number of anilines is 1. The molecule has 0 amide bonds. The van der Waals surface area contributed by atoms with Crippen molar-refractivity contribution in [2.24, 2.45) is 12.1 Å². The fourth-order valence-electron chi connectivity index (χ4n) is 2.37. The summed E-state index contributed by atoms with van der Waals surface area (Å²) in [7, 11) is 1.88. The number of aryl methyl sites for hydroxylation is 1. The Morgan fingerprint density at radius 3 is 2.83 bits per heavy atom. The molecule has 6 nitrogen and oxygen atoms in total. The summed E-state index contributed by atoms with van der Waals surface area (Å²) >= 11 is 6.34. The minimum atomic E-state index is -0.448. The Kier molecular flexibility index (Phi) is 3.99. The van der Waals surface area contributed by atoms with Gasteiger partial charge in [0, 0.05) is 35.6 Å². The lowest BCUT2D eigenvalue weighted by molar-refractivity contribution is -0.384. The second-order valence-corrected chi connectivity index (χ2v) is 5.32. The molecule has 0 unspecified atom stereocenters. The average molecular weight is 329 g/mol. The van der Waals surface area contributed by atoms with Gasteiger partial charge in [0.1, 0.15) is 5.15 Å². The number of hydrogen-bond acceptors (Lipinski definition) is 4. The number of non-ortho nitro benzene ring substituents is 1. The van der Waals surface area contributed by atoms with Crippen LogP contribution in [0.3, 0.4) is 0 Å². The highest BCUT2D eigenvalue weighted by Crippen LogP contribution is 2.27. The minimum Gasteiger partial charge on any atom is -0.334 e. The van der Waals surface area contributed by atoms with Crippen molar-refractivity contribution in [3.8, 4) is 0 Å². The number of halogens is 1. The molecule has 1 aromatic heterocycles. The molecule has 3 aromatic rings. The van der Waals surface area contributed by atoms with Crippen molar-refractivity contribution < 1.29 is 4.92 Å². The summed E-state index contributed by atoms with van der Waals surface area (Å²) < 4.78 is 1.88. The topological polar surface area (TPSA) is 72.5 Å². The van der Waals surface area contributed by atoms with Gasteiger partial charge in [-0.15, -0.1) is 0 Å². The minimum absolute atomic E-state index is 0.00777. The fraction of sp³-hybridized carbons (Fsp3) is 0.0625. The Morgan fingerprint density at radius 1 is 1.26 bits per heavy atom. The Bertz CT molecular complexity index is 918. The number of hydrazone groups is 1. The maximum absolute atomic E-state index is 10.8. The molecule has 2 aromatic carbocycles. The van der Waals surface area contributed by atoms with Crippen molar-refractivity contribution in [1.82, 2.24) is 4.57 Å². The number of nitro benzene ring substituents is 1. The van der Waals surface area contributed by atoms with Gasteiger partial charge < -0.3 is 4.57 Å². The summed E-state index contributed by atoms with van der Waals surface area (Å²) in [5.41, 5.74) is 5.13. The third-order valence-corrected chi connectivity index (χ3v) is 3.97. The van der Waals surface area contributed by atoms with Gasteiger partial charge in [-0.2, -0.15) is 5.10 Å². The highest BCUT2D eigenvalue weighted by atomic mass is 35.5. The van der Waals surface area contributed by atoms with Crippen LogP contribution in [-0.2, 0) is 7.05 Å². The fourth-order valence-corrected chi connectivity index (χ4v) is 2.62. The van der Waals surface area contributed by atoms with Gasteiger partial charge in [0.2, 0.25) is 0 Å². The van der Waals surface area contributed by atoms with E-state index in [0.717, 1.165) is 16.5 Å². The number of fused-ring (bicyclic) bond motifs is 1. The Balaban J connectivity index is 1.88. The molecule has 0 aliphatic heterocycles. The first-order chi connectivity index (χ1) is 11.1. The molecule has 23 heavy (non-hydrogen) atoms. The number of rotatable bonds is 4. The number of nitrogens with zero attached hydrogens (tertiary/aromatic N) is 3. The molecule has 1 N–H and O–H groups in total. The number of nitrogens with one attached hydrogen (secondary N) is 1. The Hall–Kier alpha value is -2.86. The van der Waals surface area contributed by atoms with Crippen LogP contribution in [0.15, 0.2) is 53.6 Å². The Labute approximate surface area is 137 Å². The molecule has 0 aliphatic carbocycles. The second-order valence-electron chi connectivity index (χ2n) is 4.96. The van der Waals surface area contributed by atoms with E-state index in [1.807, 2.05) is 35.9 Å². The van der Waals surface area contributed by atoms with Gasteiger partial charge in [-0.25, -0.2) is 0 Å². The third-order valence-electron chi connectivity index (χ3n) is 3.52. The van der Waals surface area contributed by atoms with E-state index in [2.05, 4.69) is 10.5 Å². The van der Waals surface area contributed by atoms with E-state index < -0.39 is 4.92 Å². The third kappa shape index (κ3) is 2.89. The molecule has 0 saturated heterocycles. The van der Waals surface area contributed by atoms with Crippen molar-refractivity contribution in [2.75, 3.05) is 5.43 Å². The van der Waals surface area contributed by atoms with Gasteiger partial charge in [-0.1, -0.05) is 35.9 Å². The van der Waals surface area contributed by atoms with Crippen LogP contribution in [0.5, 0.6) is 0 Å². The monoisotopic (exact) mass is 328 g/mol. The van der Waals surface area contributed by atoms with E-state index in [9.17, 15) is 10.1 Å². The molecule has 0 radical (unpaired) electrons. The lowest BCUT2D eigenvalue weighted by Crippen LogP contribution is -1.93. The van der Waals surface area contributed by atoms with Gasteiger partial charge in [0.15, 0.2) is 0 Å². The summed E-state index contributed by atoms with van der Waals surface area (Å²) in [5.74, 6) is 0. The molecular formula is C16H13ClN4O2. The maximum Gasteiger partial charge on any atom is 0.271 e. The highest BCUT2D eigenvalue weighted by Gasteiger charge is 2.11. The van der Waals surface area contributed by atoms with Crippen molar-refractivity contribution in [3.63, 3.8) is 0 Å². The number of nitro groups is 1. The number of benzene rings is 2. The van der Waals surface area contributed by atoms with E-state index in [1.54, 1.807) is 18.3 Å². The zero-order valence-electron chi connectivity index (χ0n) is 12.2. The lowest BCUT2D eigenvalue weighted by Gasteiger charge is -1.99. The van der Waals surface area contributed by atoms with Gasteiger partial charge in [0.05, 0.1) is 16.8 Å². The average Bonchev–Trinajstić information content (AvgIpc) is 2.80. The molecule has 0 saturated carbocycles. The molecule has 0 spiro atoms. The molecule has 7 heteroatoms. The summed E-state index contributed by atoms with van der Waals surface area (Å²) in [6.45, 7) is 0. The summed E-state index contributed by atoms with van der Waals surface area (Å²) in [4.78, 5) is 10.3. The van der Waals surface area contributed by atoms with E-state index >= 15 is 0 Å². The molecule has 1 heterocycles. The largest absolute Gasteiger partial charge is 0.334 e. The quantitative estimate of drug-likeness (QED) is 0.443. The summed E-state index contributed by atoms with van der Waals surface area (Å²) in [5, 5.41) is 16.5. The molecule has 0 fully saturated rings. The van der Waals surface area contributed by atoms with Crippen LogP contribution in [0, 0.1) is 10.1 Å². The van der Waals surface area contributed by atoms with Crippen molar-refractivity contribution in [1.29, 1.82) is 0 Å². The van der Waals surface area contributed by atoms with E-state index in [0.29, 0.717) is 10.8 Å². The first kappa shape index (κ1) is 15.1. The standard InChI is InChI=1S/C16H13ClN4O2/c1-20-15-8-3-2-7-13(15)14(16(20)17)10-18-19-11-5-4-6-12(9-11)21(22)23/h2-10,19H,1H3. The number of hydrogen-bond donors (Lipinski definition) is 1. The first-order valence-corrected chi connectivity index (χ1v) is 7.22. The number of para-hydroxylation sites is 1. The van der Waals surface area contributed by atoms with Gasteiger partial charge >= 0.3 is 0 Å². The summed E-state index contributed by atoms with van der Waals surface area (Å²) in [6, 6.07) is 14.0.